The molecule has 3 N–H and O–H groups in total. The Bertz CT molecular complexity index is 913. The van der Waals surface area contributed by atoms with E-state index in [4.69, 9.17) is 5.21 Å². The van der Waals surface area contributed by atoms with Crippen LogP contribution >= 0.6 is 0 Å². The van der Waals surface area contributed by atoms with Gasteiger partial charge in [0.2, 0.25) is 0 Å². The summed E-state index contributed by atoms with van der Waals surface area (Å²) in [5, 5.41) is 9.80. The zero-order valence-electron chi connectivity index (χ0n) is 15.5. The number of amides is 1. The largest absolute Gasteiger partial charge is 0.361 e. The molecule has 27 heavy (non-hydrogen) atoms. The molecule has 0 aliphatic carbocycles. The SMILES string of the molecule is CCN(CCc1c[nH]c2ccccc12)Cc1ccc(/C=C/C(=O)NO)cc1. The normalized spacial score (nSPS) is 11.5. The second-order valence-corrected chi connectivity index (χ2v) is 6.53. The van der Waals surface area contributed by atoms with Gasteiger partial charge in [0.25, 0.3) is 5.91 Å². The van der Waals surface area contributed by atoms with Crippen LogP contribution in [0.4, 0.5) is 0 Å². The van der Waals surface area contributed by atoms with Gasteiger partial charge in [0.05, 0.1) is 0 Å². The fraction of sp³-hybridized carbons (Fsp3) is 0.227. The number of aromatic amines is 1. The highest BCUT2D eigenvalue weighted by Gasteiger charge is 2.07. The second kappa shape index (κ2) is 9.16. The van der Waals surface area contributed by atoms with Gasteiger partial charge in [-0.05, 0) is 41.8 Å². The van der Waals surface area contributed by atoms with Crippen molar-refractivity contribution in [3.8, 4) is 0 Å². The molecule has 0 spiro atoms. The van der Waals surface area contributed by atoms with Crippen molar-refractivity contribution in [2.45, 2.75) is 19.9 Å². The molecule has 0 aliphatic rings. The number of nitrogens with zero attached hydrogens (tertiary/aromatic N) is 1. The Morgan fingerprint density at radius 1 is 1.19 bits per heavy atom. The Morgan fingerprint density at radius 3 is 2.70 bits per heavy atom. The van der Waals surface area contributed by atoms with Crippen molar-refractivity contribution < 1.29 is 10.0 Å². The first-order valence-corrected chi connectivity index (χ1v) is 9.18. The third-order valence-corrected chi connectivity index (χ3v) is 4.74. The monoisotopic (exact) mass is 363 g/mol. The Balaban J connectivity index is 1.58. The van der Waals surface area contributed by atoms with Crippen LogP contribution < -0.4 is 5.48 Å². The van der Waals surface area contributed by atoms with E-state index in [-0.39, 0.29) is 0 Å². The first kappa shape index (κ1) is 18.9. The summed E-state index contributed by atoms with van der Waals surface area (Å²) in [6.07, 6.45) is 6.09. The summed E-state index contributed by atoms with van der Waals surface area (Å²) in [5.74, 6) is -0.534. The summed E-state index contributed by atoms with van der Waals surface area (Å²) in [6.45, 7) is 5.05. The van der Waals surface area contributed by atoms with Crippen LogP contribution in [0, 0.1) is 0 Å². The molecule has 0 bridgehead atoms. The molecule has 1 amide bonds. The zero-order chi connectivity index (χ0) is 19.1. The highest BCUT2D eigenvalue weighted by molar-refractivity contribution is 5.90. The molecular weight excluding hydrogens is 338 g/mol. The number of carbonyl (C=O) groups excluding carboxylic acids is 1. The molecule has 0 saturated heterocycles. The molecular formula is C22H25N3O2. The van der Waals surface area contributed by atoms with E-state index < -0.39 is 5.91 Å². The number of rotatable bonds is 8. The van der Waals surface area contributed by atoms with Gasteiger partial charge in [-0.1, -0.05) is 49.4 Å². The van der Waals surface area contributed by atoms with Crippen molar-refractivity contribution in [1.82, 2.24) is 15.4 Å². The minimum atomic E-state index is -0.534. The number of hydrogen-bond acceptors (Lipinski definition) is 3. The van der Waals surface area contributed by atoms with Gasteiger partial charge in [-0.2, -0.15) is 0 Å². The molecule has 0 fully saturated rings. The lowest BCUT2D eigenvalue weighted by Gasteiger charge is -2.20. The van der Waals surface area contributed by atoms with E-state index in [0.29, 0.717) is 0 Å². The number of carbonyl (C=O) groups is 1. The van der Waals surface area contributed by atoms with Crippen LogP contribution in [-0.2, 0) is 17.8 Å². The van der Waals surface area contributed by atoms with Crippen molar-refractivity contribution in [3.63, 3.8) is 0 Å². The van der Waals surface area contributed by atoms with Crippen LogP contribution in [0.2, 0.25) is 0 Å². The Kier molecular flexibility index (Phi) is 6.41. The van der Waals surface area contributed by atoms with Gasteiger partial charge in [-0.15, -0.1) is 0 Å². The number of hydrogen-bond donors (Lipinski definition) is 3. The molecule has 0 unspecified atom stereocenters. The number of benzene rings is 2. The van der Waals surface area contributed by atoms with Gasteiger partial charge in [0.1, 0.15) is 0 Å². The highest BCUT2D eigenvalue weighted by atomic mass is 16.5. The van der Waals surface area contributed by atoms with Crippen LogP contribution in [0.3, 0.4) is 0 Å². The average Bonchev–Trinajstić information content (AvgIpc) is 3.13. The van der Waals surface area contributed by atoms with Gasteiger partial charge < -0.3 is 4.98 Å². The Hall–Kier alpha value is -2.89. The van der Waals surface area contributed by atoms with E-state index in [9.17, 15) is 4.79 Å². The van der Waals surface area contributed by atoms with Gasteiger partial charge in [-0.3, -0.25) is 14.9 Å². The maximum absolute atomic E-state index is 11.0. The number of aromatic nitrogens is 1. The molecule has 5 nitrogen and oxygen atoms in total. The summed E-state index contributed by atoms with van der Waals surface area (Å²) in [5.41, 5.74) is 6.28. The van der Waals surface area contributed by atoms with Gasteiger partial charge in [0.15, 0.2) is 0 Å². The fourth-order valence-electron chi connectivity index (χ4n) is 3.17. The van der Waals surface area contributed by atoms with E-state index in [0.717, 1.165) is 31.6 Å². The van der Waals surface area contributed by atoms with Crippen molar-refractivity contribution in [2.75, 3.05) is 13.1 Å². The molecule has 0 saturated carbocycles. The molecule has 3 rings (SSSR count). The first-order valence-electron chi connectivity index (χ1n) is 9.18. The number of likely N-dealkylation sites (N-methyl/N-ethyl adjacent to an activating group) is 1. The Labute approximate surface area is 159 Å². The summed E-state index contributed by atoms with van der Waals surface area (Å²) < 4.78 is 0. The van der Waals surface area contributed by atoms with E-state index in [1.165, 1.54) is 28.1 Å². The maximum atomic E-state index is 11.0. The third kappa shape index (κ3) is 5.06. The van der Waals surface area contributed by atoms with E-state index in [2.05, 4.69) is 59.4 Å². The average molecular weight is 363 g/mol. The predicted octanol–water partition coefficient (Wildman–Crippen LogP) is 3.75. The van der Waals surface area contributed by atoms with Crippen molar-refractivity contribution in [2.24, 2.45) is 0 Å². The quantitative estimate of drug-likeness (QED) is 0.324. The van der Waals surface area contributed by atoms with E-state index >= 15 is 0 Å². The topological polar surface area (TPSA) is 68.4 Å². The molecule has 140 valence electrons. The highest BCUT2D eigenvalue weighted by Crippen LogP contribution is 2.18. The summed E-state index contributed by atoms with van der Waals surface area (Å²) in [6, 6.07) is 16.5. The number of hydroxylamine groups is 1. The lowest BCUT2D eigenvalue weighted by Crippen LogP contribution is -2.25. The lowest BCUT2D eigenvalue weighted by molar-refractivity contribution is -0.124. The van der Waals surface area contributed by atoms with Crippen LogP contribution in [0.1, 0.15) is 23.6 Å². The van der Waals surface area contributed by atoms with Crippen LogP contribution in [0.15, 0.2) is 60.8 Å². The number of fused-ring (bicyclic) bond motifs is 1. The summed E-state index contributed by atoms with van der Waals surface area (Å²) >= 11 is 0. The molecule has 2 aromatic carbocycles. The lowest BCUT2D eigenvalue weighted by atomic mass is 10.1. The zero-order valence-corrected chi connectivity index (χ0v) is 15.5. The van der Waals surface area contributed by atoms with Crippen LogP contribution in [-0.4, -0.2) is 34.1 Å². The molecule has 3 aromatic rings. The van der Waals surface area contributed by atoms with Crippen LogP contribution in [0.5, 0.6) is 0 Å². The smallest absolute Gasteiger partial charge is 0.267 e. The summed E-state index contributed by atoms with van der Waals surface area (Å²) in [4.78, 5) is 16.8. The van der Waals surface area contributed by atoms with E-state index in [1.807, 2.05) is 12.1 Å². The minimum Gasteiger partial charge on any atom is -0.361 e. The Morgan fingerprint density at radius 2 is 1.96 bits per heavy atom. The number of nitrogens with one attached hydrogen (secondary N) is 2. The predicted molar refractivity (Wildman–Crippen MR) is 108 cm³/mol. The summed E-state index contributed by atoms with van der Waals surface area (Å²) in [7, 11) is 0. The van der Waals surface area contributed by atoms with E-state index in [1.54, 1.807) is 11.6 Å². The minimum absolute atomic E-state index is 0.534. The second-order valence-electron chi connectivity index (χ2n) is 6.53. The third-order valence-electron chi connectivity index (χ3n) is 4.74. The molecule has 0 aliphatic heterocycles. The van der Waals surface area contributed by atoms with Gasteiger partial charge in [-0.25, -0.2) is 5.48 Å². The van der Waals surface area contributed by atoms with Gasteiger partial charge in [0, 0.05) is 36.3 Å². The number of H-pyrrole nitrogens is 1. The molecule has 1 aromatic heterocycles. The van der Waals surface area contributed by atoms with Crippen molar-refractivity contribution in [3.05, 3.63) is 77.5 Å². The van der Waals surface area contributed by atoms with Crippen molar-refractivity contribution >= 4 is 22.9 Å². The molecule has 0 radical (unpaired) electrons. The fourth-order valence-corrected chi connectivity index (χ4v) is 3.17. The molecule has 0 atom stereocenters. The first-order chi connectivity index (χ1) is 13.2. The standard InChI is InChI=1S/C22H25N3O2/c1-2-25(14-13-19-15-23-21-6-4-3-5-20(19)21)16-18-9-7-17(8-10-18)11-12-22(26)24-27/h3-12,15,23,27H,2,13-14,16H2,1H3,(H,24,26)/b12-11+. The maximum Gasteiger partial charge on any atom is 0.267 e. The molecule has 1 heterocycles. The van der Waals surface area contributed by atoms with Crippen LogP contribution in [0.25, 0.3) is 17.0 Å². The molecule has 5 heteroatoms. The van der Waals surface area contributed by atoms with Gasteiger partial charge >= 0.3 is 0 Å². The van der Waals surface area contributed by atoms with Crippen molar-refractivity contribution in [1.29, 1.82) is 0 Å². The number of para-hydroxylation sites is 1.